The summed E-state index contributed by atoms with van der Waals surface area (Å²) in [6.45, 7) is 5.54. The molecule has 0 aromatic rings. The minimum atomic E-state index is -0.945. The number of esters is 3. The van der Waals surface area contributed by atoms with E-state index >= 15 is 0 Å². The number of thioether (sulfide) groups is 1. The molecule has 9 heteroatoms. The minimum Gasteiger partial charge on any atom is -0.463 e. The van der Waals surface area contributed by atoms with Crippen LogP contribution in [0.2, 0.25) is 0 Å². The van der Waals surface area contributed by atoms with Gasteiger partial charge in [0.2, 0.25) is 0 Å². The number of ether oxygens (including phenoxy) is 4. The average molecular weight is 349 g/mol. The van der Waals surface area contributed by atoms with Crippen LogP contribution in [-0.2, 0) is 33.3 Å². The zero-order chi connectivity index (χ0) is 17.6. The maximum Gasteiger partial charge on any atom is 0.303 e. The Morgan fingerprint density at radius 1 is 1.04 bits per heavy atom. The van der Waals surface area contributed by atoms with Gasteiger partial charge in [0.15, 0.2) is 12.2 Å². The third-order valence-corrected chi connectivity index (χ3v) is 4.17. The van der Waals surface area contributed by atoms with E-state index in [1.807, 2.05) is 6.92 Å². The van der Waals surface area contributed by atoms with Gasteiger partial charge in [0.05, 0.1) is 6.04 Å². The minimum absolute atomic E-state index is 0.126. The molecule has 1 aliphatic heterocycles. The molecule has 0 bridgehead atoms. The molecule has 0 amide bonds. The normalized spacial score (nSPS) is 30.4. The highest BCUT2D eigenvalue weighted by molar-refractivity contribution is 7.99. The topological polar surface area (TPSA) is 114 Å². The first kappa shape index (κ1) is 19.7. The predicted molar refractivity (Wildman–Crippen MR) is 82.5 cm³/mol. The Labute approximate surface area is 139 Å². The lowest BCUT2D eigenvalue weighted by atomic mass is 9.98. The summed E-state index contributed by atoms with van der Waals surface area (Å²) in [4.78, 5) is 33.8. The van der Waals surface area contributed by atoms with Gasteiger partial charge in [-0.3, -0.25) is 14.4 Å². The smallest absolute Gasteiger partial charge is 0.303 e. The van der Waals surface area contributed by atoms with Crippen LogP contribution < -0.4 is 5.73 Å². The van der Waals surface area contributed by atoms with Crippen LogP contribution in [0.25, 0.3) is 0 Å². The van der Waals surface area contributed by atoms with Gasteiger partial charge in [-0.25, -0.2) is 0 Å². The van der Waals surface area contributed by atoms with Gasteiger partial charge in [0.25, 0.3) is 0 Å². The van der Waals surface area contributed by atoms with Crippen molar-refractivity contribution in [2.24, 2.45) is 5.73 Å². The number of hydrogen-bond donors (Lipinski definition) is 1. The van der Waals surface area contributed by atoms with E-state index in [9.17, 15) is 14.4 Å². The maximum absolute atomic E-state index is 11.4. The zero-order valence-electron chi connectivity index (χ0n) is 13.6. The molecule has 1 heterocycles. The Morgan fingerprint density at radius 3 is 2.09 bits per heavy atom. The summed E-state index contributed by atoms with van der Waals surface area (Å²) in [7, 11) is 0. The fraction of sp³-hybridized carbons (Fsp3) is 0.786. The zero-order valence-corrected chi connectivity index (χ0v) is 14.5. The van der Waals surface area contributed by atoms with Crippen LogP contribution in [0.4, 0.5) is 0 Å². The predicted octanol–water partition coefficient (Wildman–Crippen LogP) is 0.218. The van der Waals surface area contributed by atoms with E-state index in [1.165, 1.54) is 32.5 Å². The largest absolute Gasteiger partial charge is 0.463 e. The van der Waals surface area contributed by atoms with Crippen LogP contribution >= 0.6 is 11.8 Å². The number of rotatable bonds is 6. The van der Waals surface area contributed by atoms with Gasteiger partial charge in [-0.2, -0.15) is 0 Å². The van der Waals surface area contributed by atoms with Crippen LogP contribution in [0.3, 0.4) is 0 Å². The number of carbonyl (C=O) groups is 3. The third kappa shape index (κ3) is 6.00. The molecule has 1 aliphatic rings. The second kappa shape index (κ2) is 9.09. The molecule has 0 aromatic heterocycles. The van der Waals surface area contributed by atoms with Crippen molar-refractivity contribution in [2.45, 2.75) is 57.5 Å². The highest BCUT2D eigenvalue weighted by Gasteiger charge is 2.48. The second-order valence-corrected chi connectivity index (χ2v) is 6.40. The standard InChI is InChI=1S/C14H23NO7S/c1-5-23-14-11(15)13(21-9(4)18)12(20-8(3)17)10(22-14)6-19-7(2)16/h10-14H,5-6,15H2,1-4H3/t10-,11-,12-,13-,14+/m1/s1. The molecule has 1 fully saturated rings. The van der Waals surface area contributed by atoms with E-state index in [2.05, 4.69) is 0 Å². The molecule has 23 heavy (non-hydrogen) atoms. The summed E-state index contributed by atoms with van der Waals surface area (Å²) in [5.41, 5.74) is 5.64. The lowest BCUT2D eigenvalue weighted by Crippen LogP contribution is -2.63. The van der Waals surface area contributed by atoms with Crippen LogP contribution in [0.5, 0.6) is 0 Å². The quantitative estimate of drug-likeness (QED) is 0.531. The Morgan fingerprint density at radius 2 is 1.61 bits per heavy atom. The molecule has 1 saturated heterocycles. The molecule has 132 valence electrons. The van der Waals surface area contributed by atoms with Gasteiger partial charge in [-0.15, -0.1) is 11.8 Å². The summed E-state index contributed by atoms with van der Waals surface area (Å²) in [6, 6.07) is -0.679. The molecule has 2 N–H and O–H groups in total. The van der Waals surface area contributed by atoms with Crippen molar-refractivity contribution in [1.82, 2.24) is 0 Å². The van der Waals surface area contributed by atoms with Crippen molar-refractivity contribution in [3.8, 4) is 0 Å². The van der Waals surface area contributed by atoms with Gasteiger partial charge in [0, 0.05) is 20.8 Å². The molecule has 0 radical (unpaired) electrons. The highest BCUT2D eigenvalue weighted by Crippen LogP contribution is 2.31. The van der Waals surface area contributed by atoms with Crippen molar-refractivity contribution in [2.75, 3.05) is 12.4 Å². The van der Waals surface area contributed by atoms with Crippen LogP contribution in [-0.4, -0.2) is 60.1 Å². The van der Waals surface area contributed by atoms with Crippen LogP contribution in [0, 0.1) is 0 Å². The van der Waals surface area contributed by atoms with Gasteiger partial charge < -0.3 is 24.7 Å². The summed E-state index contributed by atoms with van der Waals surface area (Å²) >= 11 is 1.43. The monoisotopic (exact) mass is 349 g/mol. The van der Waals surface area contributed by atoms with Crippen LogP contribution in [0.15, 0.2) is 0 Å². The van der Waals surface area contributed by atoms with Crippen LogP contribution in [0.1, 0.15) is 27.7 Å². The van der Waals surface area contributed by atoms with Gasteiger partial charge in [-0.05, 0) is 5.75 Å². The van der Waals surface area contributed by atoms with E-state index in [1.54, 1.807) is 0 Å². The molecule has 0 aromatic carbocycles. The first-order chi connectivity index (χ1) is 10.8. The van der Waals surface area contributed by atoms with E-state index in [-0.39, 0.29) is 6.61 Å². The Kier molecular flexibility index (Phi) is 7.80. The van der Waals surface area contributed by atoms with Gasteiger partial charge in [0.1, 0.15) is 18.1 Å². The molecular weight excluding hydrogens is 326 g/mol. The molecule has 0 saturated carbocycles. The molecule has 5 atom stereocenters. The fourth-order valence-electron chi connectivity index (χ4n) is 2.25. The molecular formula is C14H23NO7S. The molecule has 0 unspecified atom stereocenters. The molecule has 1 rings (SSSR count). The summed E-state index contributed by atoms with van der Waals surface area (Å²) < 4.78 is 21.2. The number of hydrogen-bond acceptors (Lipinski definition) is 9. The molecule has 0 spiro atoms. The number of nitrogens with two attached hydrogens (primary N) is 1. The van der Waals surface area contributed by atoms with Crippen molar-refractivity contribution in [1.29, 1.82) is 0 Å². The lowest BCUT2D eigenvalue weighted by Gasteiger charge is -2.43. The Bertz CT molecular complexity index is 445. The van der Waals surface area contributed by atoms with E-state index in [0.29, 0.717) is 0 Å². The van der Waals surface area contributed by atoms with Gasteiger partial charge >= 0.3 is 17.9 Å². The van der Waals surface area contributed by atoms with Crippen molar-refractivity contribution < 1.29 is 33.3 Å². The maximum atomic E-state index is 11.4. The molecule has 8 nitrogen and oxygen atoms in total. The fourth-order valence-corrected chi connectivity index (χ4v) is 3.17. The first-order valence-corrected chi connectivity index (χ1v) is 8.31. The Balaban J connectivity index is 3.02. The third-order valence-electron chi connectivity index (χ3n) is 3.08. The summed E-state index contributed by atoms with van der Waals surface area (Å²) in [5.74, 6) is -0.883. The summed E-state index contributed by atoms with van der Waals surface area (Å²) in [6.07, 6.45) is -2.59. The van der Waals surface area contributed by atoms with E-state index in [0.717, 1.165) is 5.75 Å². The van der Waals surface area contributed by atoms with Crippen molar-refractivity contribution in [3.05, 3.63) is 0 Å². The molecule has 0 aliphatic carbocycles. The number of carbonyl (C=O) groups excluding carboxylic acids is 3. The highest BCUT2D eigenvalue weighted by atomic mass is 32.2. The van der Waals surface area contributed by atoms with E-state index in [4.69, 9.17) is 24.7 Å². The summed E-state index contributed by atoms with van der Waals surface area (Å²) in [5, 5.41) is 0. The van der Waals surface area contributed by atoms with Crippen molar-refractivity contribution in [3.63, 3.8) is 0 Å². The SMILES string of the molecule is CCS[C@@H]1O[C@H](COC(C)=O)[C@@H](OC(C)=O)[C@H](OC(C)=O)[C@H]1N. The van der Waals surface area contributed by atoms with Gasteiger partial charge in [-0.1, -0.05) is 6.92 Å². The lowest BCUT2D eigenvalue weighted by molar-refractivity contribution is -0.208. The van der Waals surface area contributed by atoms with E-state index < -0.39 is 47.7 Å². The second-order valence-electron chi connectivity index (χ2n) is 5.03. The first-order valence-electron chi connectivity index (χ1n) is 7.26. The van der Waals surface area contributed by atoms with Crippen molar-refractivity contribution >= 4 is 29.7 Å². The Hall–Kier alpha value is -1.32. The average Bonchev–Trinajstić information content (AvgIpc) is 2.43.